The molecule has 0 radical (unpaired) electrons. The SMILES string of the molecule is CS/C(=C/C(=O)C(C)(C)C)C(F)(F)F. The number of carbonyl (C=O) groups is 1. The summed E-state index contributed by atoms with van der Waals surface area (Å²) < 4.78 is 36.7. The van der Waals surface area contributed by atoms with E-state index in [1.807, 2.05) is 0 Å². The Kier molecular flexibility index (Phi) is 4.24. The minimum atomic E-state index is -4.43. The van der Waals surface area contributed by atoms with Crippen molar-refractivity contribution in [3.8, 4) is 0 Å². The zero-order valence-electron chi connectivity index (χ0n) is 8.53. The van der Waals surface area contributed by atoms with Crippen molar-refractivity contribution in [1.29, 1.82) is 0 Å². The molecule has 0 aliphatic carbocycles. The Morgan fingerprint density at radius 1 is 1.21 bits per heavy atom. The lowest BCUT2D eigenvalue weighted by atomic mass is 9.90. The van der Waals surface area contributed by atoms with E-state index >= 15 is 0 Å². The van der Waals surface area contributed by atoms with Gasteiger partial charge < -0.3 is 0 Å². The summed E-state index contributed by atoms with van der Waals surface area (Å²) in [6.45, 7) is 4.75. The third kappa shape index (κ3) is 4.17. The van der Waals surface area contributed by atoms with Gasteiger partial charge in [-0.15, -0.1) is 11.8 Å². The summed E-state index contributed by atoms with van der Waals surface area (Å²) in [5, 5.41) is 0. The molecule has 0 bridgehead atoms. The lowest BCUT2D eigenvalue weighted by Crippen LogP contribution is -2.20. The molecule has 1 nitrogen and oxygen atoms in total. The molecule has 0 N–H and O–H groups in total. The van der Waals surface area contributed by atoms with Crippen molar-refractivity contribution in [1.82, 2.24) is 0 Å². The molecule has 0 aromatic rings. The highest BCUT2D eigenvalue weighted by Crippen LogP contribution is 2.33. The molecule has 0 rings (SSSR count). The standard InChI is InChI=1S/C9H13F3OS/c1-8(2,3)6(13)5-7(14-4)9(10,11)12/h5H,1-4H3/b7-5+. The second-order valence-electron chi connectivity index (χ2n) is 3.82. The Labute approximate surface area is 85.8 Å². The van der Waals surface area contributed by atoms with Crippen molar-refractivity contribution >= 4 is 17.5 Å². The maximum atomic E-state index is 12.2. The van der Waals surface area contributed by atoms with Crippen molar-refractivity contribution in [2.24, 2.45) is 5.41 Å². The molecule has 0 aromatic carbocycles. The zero-order chi connectivity index (χ0) is 11.6. The van der Waals surface area contributed by atoms with E-state index in [2.05, 4.69) is 0 Å². The topological polar surface area (TPSA) is 17.1 Å². The first kappa shape index (κ1) is 13.5. The van der Waals surface area contributed by atoms with Gasteiger partial charge in [-0.25, -0.2) is 0 Å². The molecule has 0 saturated carbocycles. The average Bonchev–Trinajstić information content (AvgIpc) is 1.95. The molecule has 0 fully saturated rings. The van der Waals surface area contributed by atoms with E-state index in [0.29, 0.717) is 17.8 Å². The Hall–Kier alpha value is -0.450. The molecule has 5 heteroatoms. The van der Waals surface area contributed by atoms with Crippen LogP contribution < -0.4 is 0 Å². The fourth-order valence-corrected chi connectivity index (χ4v) is 1.05. The molecular formula is C9H13F3OS. The molecule has 0 spiro atoms. The molecule has 14 heavy (non-hydrogen) atoms. The lowest BCUT2D eigenvalue weighted by Gasteiger charge is -2.15. The van der Waals surface area contributed by atoms with Gasteiger partial charge in [0.15, 0.2) is 5.78 Å². The fraction of sp³-hybridized carbons (Fsp3) is 0.667. The number of hydrogen-bond acceptors (Lipinski definition) is 2. The molecule has 82 valence electrons. The average molecular weight is 226 g/mol. The monoisotopic (exact) mass is 226 g/mol. The van der Waals surface area contributed by atoms with E-state index in [9.17, 15) is 18.0 Å². The number of carbonyl (C=O) groups excluding carboxylic acids is 1. The summed E-state index contributed by atoms with van der Waals surface area (Å²) in [6.07, 6.45) is -2.46. The third-order valence-electron chi connectivity index (χ3n) is 1.50. The summed E-state index contributed by atoms with van der Waals surface area (Å²) in [4.78, 5) is 10.4. The summed E-state index contributed by atoms with van der Waals surface area (Å²) in [5.74, 6) is -0.515. The van der Waals surface area contributed by atoms with Crippen LogP contribution in [0, 0.1) is 5.41 Å². The third-order valence-corrected chi connectivity index (χ3v) is 2.29. The van der Waals surface area contributed by atoms with E-state index in [1.54, 1.807) is 20.8 Å². The number of halogens is 3. The van der Waals surface area contributed by atoms with Crippen LogP contribution in [0.3, 0.4) is 0 Å². The minimum absolute atomic E-state index is 0.515. The highest BCUT2D eigenvalue weighted by atomic mass is 32.2. The number of ketones is 1. The Balaban J connectivity index is 4.89. The Morgan fingerprint density at radius 2 is 1.64 bits per heavy atom. The van der Waals surface area contributed by atoms with E-state index < -0.39 is 22.3 Å². The van der Waals surface area contributed by atoms with Crippen LogP contribution in [-0.2, 0) is 4.79 Å². The van der Waals surface area contributed by atoms with Gasteiger partial charge in [0.25, 0.3) is 0 Å². The molecule has 0 aliphatic heterocycles. The van der Waals surface area contributed by atoms with Crippen LogP contribution in [0.25, 0.3) is 0 Å². The van der Waals surface area contributed by atoms with Crippen molar-refractivity contribution in [2.75, 3.05) is 6.26 Å². The predicted molar refractivity (Wildman–Crippen MR) is 52.1 cm³/mol. The second kappa shape index (κ2) is 4.38. The summed E-state index contributed by atoms with van der Waals surface area (Å²) >= 11 is 0.537. The van der Waals surface area contributed by atoms with Crippen LogP contribution in [0.15, 0.2) is 11.0 Å². The quantitative estimate of drug-likeness (QED) is 0.671. The largest absolute Gasteiger partial charge is 0.422 e. The van der Waals surface area contributed by atoms with Crippen LogP contribution >= 0.6 is 11.8 Å². The highest BCUT2D eigenvalue weighted by Gasteiger charge is 2.34. The molecule has 0 aromatic heterocycles. The minimum Gasteiger partial charge on any atom is -0.294 e. The van der Waals surface area contributed by atoms with Crippen LogP contribution in [0.4, 0.5) is 13.2 Å². The van der Waals surface area contributed by atoms with Crippen molar-refractivity contribution < 1.29 is 18.0 Å². The van der Waals surface area contributed by atoms with Crippen molar-refractivity contribution in [3.63, 3.8) is 0 Å². The van der Waals surface area contributed by atoms with Crippen LogP contribution in [0.1, 0.15) is 20.8 Å². The molecule has 0 unspecified atom stereocenters. The molecular weight excluding hydrogens is 213 g/mol. The van der Waals surface area contributed by atoms with Gasteiger partial charge in [0.2, 0.25) is 0 Å². The Morgan fingerprint density at radius 3 is 1.86 bits per heavy atom. The summed E-state index contributed by atoms with van der Waals surface area (Å²) in [6, 6.07) is 0. The summed E-state index contributed by atoms with van der Waals surface area (Å²) in [7, 11) is 0. The van der Waals surface area contributed by atoms with E-state index in [0.717, 1.165) is 0 Å². The maximum Gasteiger partial charge on any atom is 0.422 e. The highest BCUT2D eigenvalue weighted by molar-refractivity contribution is 8.02. The van der Waals surface area contributed by atoms with Gasteiger partial charge in [-0.05, 0) is 6.26 Å². The normalized spacial score (nSPS) is 14.4. The zero-order valence-corrected chi connectivity index (χ0v) is 9.34. The van der Waals surface area contributed by atoms with Gasteiger partial charge >= 0.3 is 6.18 Å². The number of alkyl halides is 3. The number of hydrogen-bond donors (Lipinski definition) is 0. The second-order valence-corrected chi connectivity index (χ2v) is 4.67. The molecule has 0 heterocycles. The first-order chi connectivity index (χ1) is 6.09. The predicted octanol–water partition coefficient (Wildman–Crippen LogP) is 3.41. The van der Waals surface area contributed by atoms with Crippen LogP contribution in [0.2, 0.25) is 0 Å². The van der Waals surface area contributed by atoms with E-state index in [4.69, 9.17) is 0 Å². The van der Waals surface area contributed by atoms with Gasteiger partial charge in [0, 0.05) is 11.5 Å². The molecule has 0 saturated heterocycles. The van der Waals surface area contributed by atoms with Gasteiger partial charge in [-0.3, -0.25) is 4.79 Å². The van der Waals surface area contributed by atoms with Gasteiger partial charge in [0.1, 0.15) is 0 Å². The first-order valence-corrected chi connectivity index (χ1v) is 5.19. The smallest absolute Gasteiger partial charge is 0.294 e. The van der Waals surface area contributed by atoms with E-state index in [1.165, 1.54) is 6.26 Å². The van der Waals surface area contributed by atoms with Crippen molar-refractivity contribution in [3.05, 3.63) is 11.0 Å². The van der Waals surface area contributed by atoms with Gasteiger partial charge in [-0.2, -0.15) is 13.2 Å². The summed E-state index contributed by atoms with van der Waals surface area (Å²) in [5.41, 5.74) is -0.772. The van der Waals surface area contributed by atoms with Crippen LogP contribution in [0.5, 0.6) is 0 Å². The molecule has 0 aliphatic rings. The number of thioether (sulfide) groups is 1. The number of rotatable bonds is 2. The lowest BCUT2D eigenvalue weighted by molar-refractivity contribution is -0.122. The molecule has 0 atom stereocenters. The fourth-order valence-electron chi connectivity index (χ4n) is 0.592. The van der Waals surface area contributed by atoms with Crippen molar-refractivity contribution in [2.45, 2.75) is 26.9 Å². The van der Waals surface area contributed by atoms with Crippen LogP contribution in [-0.4, -0.2) is 18.2 Å². The van der Waals surface area contributed by atoms with E-state index in [-0.39, 0.29) is 0 Å². The molecule has 0 amide bonds. The van der Waals surface area contributed by atoms with Gasteiger partial charge in [0.05, 0.1) is 4.91 Å². The Bertz CT molecular complexity index is 248. The van der Waals surface area contributed by atoms with Gasteiger partial charge in [-0.1, -0.05) is 20.8 Å². The number of allylic oxidation sites excluding steroid dienone is 2. The first-order valence-electron chi connectivity index (χ1n) is 3.96. The maximum absolute atomic E-state index is 12.2.